The van der Waals surface area contributed by atoms with E-state index in [0.717, 1.165) is 5.69 Å². The second kappa shape index (κ2) is 7.19. The molecule has 0 radical (unpaired) electrons. The number of hydrogen-bond donors (Lipinski definition) is 1. The molecule has 7 heteroatoms. The predicted molar refractivity (Wildman–Crippen MR) is 99.8 cm³/mol. The second-order valence-electron chi connectivity index (χ2n) is 6.19. The molecule has 0 fully saturated rings. The van der Waals surface area contributed by atoms with E-state index in [4.69, 9.17) is 19.9 Å². The zero-order chi connectivity index (χ0) is 19.7. The molecule has 1 aromatic heterocycles. The van der Waals surface area contributed by atoms with Crippen LogP contribution in [0.15, 0.2) is 46.6 Å². The highest BCUT2D eigenvalue weighted by molar-refractivity contribution is 5.92. The maximum atomic E-state index is 13.2. The lowest BCUT2D eigenvalue weighted by Crippen LogP contribution is -2.34. The highest BCUT2D eigenvalue weighted by Gasteiger charge is 2.38. The molecule has 0 amide bonds. The first-order chi connectivity index (χ1) is 12.9. The van der Waals surface area contributed by atoms with Crippen molar-refractivity contribution in [2.45, 2.75) is 26.3 Å². The summed E-state index contributed by atoms with van der Waals surface area (Å²) in [5.74, 6) is -0.488. The van der Waals surface area contributed by atoms with Gasteiger partial charge in [-0.15, -0.1) is 0 Å². The Hall–Kier alpha value is -3.22. The monoisotopic (exact) mass is 370 g/mol. The molecular weight excluding hydrogens is 348 g/mol. The Kier molecular flexibility index (Phi) is 4.94. The first kappa shape index (κ1) is 18.6. The zero-order valence-electron chi connectivity index (χ0n) is 15.7. The molecule has 1 atom stereocenters. The quantitative estimate of drug-likeness (QED) is 0.828. The molecule has 7 nitrogen and oxygen atoms in total. The Morgan fingerprint density at radius 1 is 1.30 bits per heavy atom. The maximum absolute atomic E-state index is 13.2. The van der Waals surface area contributed by atoms with Gasteiger partial charge >= 0.3 is 5.97 Å². The Morgan fingerprint density at radius 2 is 2.04 bits per heavy atom. The molecule has 1 aliphatic rings. The minimum absolute atomic E-state index is 0.0739. The molecule has 0 unspecified atom stereocenters. The minimum atomic E-state index is -0.720. The molecule has 2 N–H and O–H groups in total. The summed E-state index contributed by atoms with van der Waals surface area (Å²) in [6.07, 6.45) is 0. The first-order valence-corrected chi connectivity index (χ1v) is 8.57. The summed E-state index contributed by atoms with van der Waals surface area (Å²) < 4.78 is 17.5. The maximum Gasteiger partial charge on any atom is 0.340 e. The van der Waals surface area contributed by atoms with E-state index < -0.39 is 11.9 Å². The van der Waals surface area contributed by atoms with Crippen LogP contribution in [0.2, 0.25) is 0 Å². The van der Waals surface area contributed by atoms with Crippen LogP contribution in [0.5, 0.6) is 11.5 Å². The third-order valence-corrected chi connectivity index (χ3v) is 4.72. The number of fused-ring (bicyclic) bond motifs is 1. The lowest BCUT2D eigenvalue weighted by atomic mass is 9.83. The van der Waals surface area contributed by atoms with Gasteiger partial charge in [0.05, 0.1) is 25.7 Å². The van der Waals surface area contributed by atoms with E-state index in [0.29, 0.717) is 29.2 Å². The van der Waals surface area contributed by atoms with Gasteiger partial charge in [0.2, 0.25) is 5.88 Å². The molecule has 3 rings (SSSR count). The largest absolute Gasteiger partial charge is 0.497 e. The van der Waals surface area contributed by atoms with Gasteiger partial charge in [0.25, 0.3) is 5.56 Å². The number of hydrogen-bond acceptors (Lipinski definition) is 6. The van der Waals surface area contributed by atoms with E-state index in [1.165, 1.54) is 7.11 Å². The number of ether oxygens (including phenoxy) is 3. The van der Waals surface area contributed by atoms with Gasteiger partial charge < -0.3 is 24.5 Å². The molecule has 2 aromatic rings. The Labute approximate surface area is 157 Å². The van der Waals surface area contributed by atoms with Gasteiger partial charge in [-0.05, 0) is 31.5 Å². The van der Waals surface area contributed by atoms with Crippen molar-refractivity contribution in [2.75, 3.05) is 14.2 Å². The number of nitrogens with zero attached hydrogens (tertiary/aromatic N) is 1. The van der Waals surface area contributed by atoms with Gasteiger partial charge in [-0.3, -0.25) is 4.79 Å². The van der Waals surface area contributed by atoms with Gasteiger partial charge in [-0.1, -0.05) is 12.1 Å². The van der Waals surface area contributed by atoms with E-state index in [1.54, 1.807) is 35.9 Å². The number of aryl methyl sites for hydroxylation is 1. The third kappa shape index (κ3) is 3.05. The van der Waals surface area contributed by atoms with Crippen molar-refractivity contribution in [3.63, 3.8) is 0 Å². The van der Waals surface area contributed by atoms with Crippen molar-refractivity contribution in [1.29, 1.82) is 0 Å². The standard InChI is InChI=1S/C20H22N2O5/c1-5-22-11(2)9-14-16(19(22)23)15(12-7-6-8-13(10-12)25-3)17(18(21)27-14)20(24)26-4/h6-10,15H,5,21H2,1-4H3/t15-/m0/s1. The normalized spacial score (nSPS) is 15.8. The van der Waals surface area contributed by atoms with Crippen molar-refractivity contribution in [1.82, 2.24) is 4.57 Å². The molecule has 0 saturated carbocycles. The van der Waals surface area contributed by atoms with Gasteiger partial charge in [0.1, 0.15) is 17.1 Å². The lowest BCUT2D eigenvalue weighted by molar-refractivity contribution is -0.136. The zero-order valence-corrected chi connectivity index (χ0v) is 15.7. The fraction of sp³-hybridized carbons (Fsp3) is 0.300. The predicted octanol–water partition coefficient (Wildman–Crippen LogP) is 2.05. The number of carbonyl (C=O) groups excluding carboxylic acids is 1. The van der Waals surface area contributed by atoms with Gasteiger partial charge in [-0.25, -0.2) is 4.79 Å². The van der Waals surface area contributed by atoms with E-state index >= 15 is 0 Å². The molecule has 2 heterocycles. The van der Waals surface area contributed by atoms with Crippen LogP contribution >= 0.6 is 0 Å². The number of pyridine rings is 1. The number of aromatic nitrogens is 1. The highest BCUT2D eigenvalue weighted by atomic mass is 16.5. The molecule has 0 spiro atoms. The van der Waals surface area contributed by atoms with Crippen LogP contribution in [0.25, 0.3) is 0 Å². The number of carbonyl (C=O) groups is 1. The van der Waals surface area contributed by atoms with Crippen molar-refractivity contribution < 1.29 is 19.0 Å². The summed E-state index contributed by atoms with van der Waals surface area (Å²) in [7, 11) is 2.82. The molecule has 0 saturated heterocycles. The summed E-state index contributed by atoms with van der Waals surface area (Å²) >= 11 is 0. The summed E-state index contributed by atoms with van der Waals surface area (Å²) in [5.41, 5.74) is 7.72. The fourth-order valence-corrected chi connectivity index (χ4v) is 3.44. The Morgan fingerprint density at radius 3 is 2.67 bits per heavy atom. The second-order valence-corrected chi connectivity index (χ2v) is 6.19. The molecule has 1 aromatic carbocycles. The van der Waals surface area contributed by atoms with Crippen LogP contribution in [0.1, 0.15) is 29.7 Å². The van der Waals surface area contributed by atoms with E-state index in [9.17, 15) is 9.59 Å². The number of rotatable bonds is 4. The smallest absolute Gasteiger partial charge is 0.340 e. The summed E-state index contributed by atoms with van der Waals surface area (Å²) in [5, 5.41) is 0. The van der Waals surface area contributed by atoms with Gasteiger partial charge in [0.15, 0.2) is 0 Å². The van der Waals surface area contributed by atoms with Crippen molar-refractivity contribution in [3.8, 4) is 11.5 Å². The fourth-order valence-electron chi connectivity index (χ4n) is 3.44. The Bertz CT molecular complexity index is 990. The van der Waals surface area contributed by atoms with Crippen molar-refractivity contribution in [3.05, 3.63) is 69.0 Å². The third-order valence-electron chi connectivity index (χ3n) is 4.72. The molecule has 142 valence electrons. The first-order valence-electron chi connectivity index (χ1n) is 8.57. The van der Waals surface area contributed by atoms with Crippen LogP contribution in [0.4, 0.5) is 0 Å². The van der Waals surface area contributed by atoms with Crippen LogP contribution in [0.3, 0.4) is 0 Å². The number of benzene rings is 1. The molecular formula is C20H22N2O5. The highest BCUT2D eigenvalue weighted by Crippen LogP contribution is 2.41. The van der Waals surface area contributed by atoms with E-state index in [-0.39, 0.29) is 17.0 Å². The Balaban J connectivity index is 2.35. The summed E-state index contributed by atoms with van der Waals surface area (Å²) in [6, 6.07) is 8.92. The number of esters is 1. The summed E-state index contributed by atoms with van der Waals surface area (Å²) in [6.45, 7) is 4.21. The van der Waals surface area contributed by atoms with E-state index in [2.05, 4.69) is 0 Å². The minimum Gasteiger partial charge on any atom is -0.497 e. The number of nitrogens with two attached hydrogens (primary N) is 1. The molecule has 0 aliphatic carbocycles. The van der Waals surface area contributed by atoms with Crippen molar-refractivity contribution >= 4 is 5.97 Å². The van der Waals surface area contributed by atoms with Crippen LogP contribution in [0, 0.1) is 6.92 Å². The van der Waals surface area contributed by atoms with Crippen LogP contribution in [-0.4, -0.2) is 24.8 Å². The van der Waals surface area contributed by atoms with Gasteiger partial charge in [-0.2, -0.15) is 0 Å². The number of methoxy groups -OCH3 is 2. The van der Waals surface area contributed by atoms with Crippen LogP contribution in [-0.2, 0) is 16.1 Å². The summed E-state index contributed by atoms with van der Waals surface area (Å²) in [4.78, 5) is 25.7. The lowest BCUT2D eigenvalue weighted by Gasteiger charge is -2.29. The van der Waals surface area contributed by atoms with Crippen molar-refractivity contribution in [2.24, 2.45) is 5.73 Å². The van der Waals surface area contributed by atoms with Gasteiger partial charge in [0, 0.05) is 18.3 Å². The van der Waals surface area contributed by atoms with Crippen LogP contribution < -0.4 is 20.8 Å². The molecule has 27 heavy (non-hydrogen) atoms. The topological polar surface area (TPSA) is 92.8 Å². The SMILES string of the molecule is CCn1c(C)cc2c(c1=O)[C@H](c1cccc(OC)c1)C(C(=O)OC)=C(N)O2. The average Bonchev–Trinajstić information content (AvgIpc) is 2.66. The van der Waals surface area contributed by atoms with E-state index in [1.807, 2.05) is 19.9 Å². The molecule has 0 bridgehead atoms. The molecule has 1 aliphatic heterocycles. The average molecular weight is 370 g/mol.